The lowest BCUT2D eigenvalue weighted by molar-refractivity contribution is 0.0740. The molecule has 1 aromatic carbocycles. The predicted octanol–water partition coefficient (Wildman–Crippen LogP) is 2.98. The Balaban J connectivity index is 1.57. The summed E-state index contributed by atoms with van der Waals surface area (Å²) in [6.07, 6.45) is 5.56. The average Bonchev–Trinajstić information content (AvgIpc) is 2.71. The Hall–Kier alpha value is -2.63. The summed E-state index contributed by atoms with van der Waals surface area (Å²) in [5.41, 5.74) is 2.90. The summed E-state index contributed by atoms with van der Waals surface area (Å²) in [4.78, 5) is 27.8. The van der Waals surface area contributed by atoms with E-state index in [2.05, 4.69) is 57.9 Å². The summed E-state index contributed by atoms with van der Waals surface area (Å²) in [6.45, 7) is 8.28. The van der Waals surface area contributed by atoms with Gasteiger partial charge in [-0.25, -0.2) is 9.97 Å². The number of carbonyl (C=O) groups excluding carboxylic acids is 1. The van der Waals surface area contributed by atoms with Crippen molar-refractivity contribution in [1.29, 1.82) is 0 Å². The highest BCUT2D eigenvalue weighted by molar-refractivity contribution is 5.92. The van der Waals surface area contributed by atoms with Gasteiger partial charge in [0.2, 0.25) is 0 Å². The zero-order chi connectivity index (χ0) is 19.2. The molecule has 1 amide bonds. The SMILES string of the molecule is CCCCN(C)c1cnc(C(=O)N2CCN(c3cccc(C)c3)CC2)cn1. The Morgan fingerprint density at radius 1 is 1.15 bits per heavy atom. The lowest BCUT2D eigenvalue weighted by Crippen LogP contribution is -2.49. The van der Waals surface area contributed by atoms with Gasteiger partial charge >= 0.3 is 0 Å². The third kappa shape index (κ3) is 4.76. The van der Waals surface area contributed by atoms with Crippen LogP contribution >= 0.6 is 0 Å². The van der Waals surface area contributed by atoms with E-state index in [-0.39, 0.29) is 5.91 Å². The molecule has 3 rings (SSSR count). The molecule has 6 nitrogen and oxygen atoms in total. The summed E-state index contributed by atoms with van der Waals surface area (Å²) in [6, 6.07) is 8.50. The molecule has 1 fully saturated rings. The number of unbranched alkanes of at least 4 members (excludes halogenated alkanes) is 1. The molecule has 0 radical (unpaired) electrons. The fourth-order valence-corrected chi connectivity index (χ4v) is 3.29. The van der Waals surface area contributed by atoms with Gasteiger partial charge in [0.05, 0.1) is 12.4 Å². The molecule has 1 saturated heterocycles. The van der Waals surface area contributed by atoms with Crippen LogP contribution in [0.25, 0.3) is 0 Å². The molecule has 6 heteroatoms. The molecule has 0 saturated carbocycles. The number of piperazine rings is 1. The van der Waals surface area contributed by atoms with E-state index < -0.39 is 0 Å². The summed E-state index contributed by atoms with van der Waals surface area (Å²) in [5.74, 6) is 0.776. The van der Waals surface area contributed by atoms with E-state index >= 15 is 0 Å². The summed E-state index contributed by atoms with van der Waals surface area (Å²) >= 11 is 0. The van der Waals surface area contributed by atoms with Crippen LogP contribution in [0, 0.1) is 6.92 Å². The molecule has 0 unspecified atom stereocenters. The maximum Gasteiger partial charge on any atom is 0.274 e. The van der Waals surface area contributed by atoms with Crippen molar-refractivity contribution >= 4 is 17.4 Å². The summed E-state index contributed by atoms with van der Waals surface area (Å²) < 4.78 is 0. The van der Waals surface area contributed by atoms with Gasteiger partial charge in [0.25, 0.3) is 5.91 Å². The van der Waals surface area contributed by atoms with Gasteiger partial charge in [-0.3, -0.25) is 4.79 Å². The molecule has 1 aliphatic heterocycles. The average molecular weight is 367 g/mol. The highest BCUT2D eigenvalue weighted by atomic mass is 16.2. The van der Waals surface area contributed by atoms with Crippen molar-refractivity contribution in [3.8, 4) is 0 Å². The third-order valence-corrected chi connectivity index (χ3v) is 5.03. The lowest BCUT2D eigenvalue weighted by Gasteiger charge is -2.36. The van der Waals surface area contributed by atoms with Crippen LogP contribution in [0.4, 0.5) is 11.5 Å². The third-order valence-electron chi connectivity index (χ3n) is 5.03. The van der Waals surface area contributed by atoms with Crippen molar-refractivity contribution in [3.05, 3.63) is 47.9 Å². The standard InChI is InChI=1S/C21H29N5O/c1-4-5-9-24(3)20-16-22-19(15-23-20)21(27)26-12-10-25(11-13-26)18-8-6-7-17(2)14-18/h6-8,14-16H,4-5,9-13H2,1-3H3. The minimum Gasteiger partial charge on any atom is -0.368 e. The fourth-order valence-electron chi connectivity index (χ4n) is 3.29. The number of nitrogens with zero attached hydrogens (tertiary/aromatic N) is 5. The highest BCUT2D eigenvalue weighted by Gasteiger charge is 2.23. The van der Waals surface area contributed by atoms with Gasteiger partial charge in [0.15, 0.2) is 0 Å². The quantitative estimate of drug-likeness (QED) is 0.786. The molecule has 0 spiro atoms. The normalized spacial score (nSPS) is 14.3. The van der Waals surface area contributed by atoms with Crippen LogP contribution in [-0.4, -0.2) is 60.5 Å². The Labute approximate surface area is 161 Å². The Morgan fingerprint density at radius 2 is 1.93 bits per heavy atom. The van der Waals surface area contributed by atoms with Crippen LogP contribution in [-0.2, 0) is 0 Å². The summed E-state index contributed by atoms with van der Waals surface area (Å²) in [5, 5.41) is 0. The van der Waals surface area contributed by atoms with Crippen LogP contribution in [0.5, 0.6) is 0 Å². The smallest absolute Gasteiger partial charge is 0.274 e. The van der Waals surface area contributed by atoms with E-state index in [1.54, 1.807) is 12.4 Å². The van der Waals surface area contributed by atoms with Crippen LogP contribution in [0.2, 0.25) is 0 Å². The molecule has 1 aromatic heterocycles. The van der Waals surface area contributed by atoms with E-state index in [1.165, 1.54) is 11.3 Å². The first-order valence-corrected chi connectivity index (χ1v) is 9.72. The van der Waals surface area contributed by atoms with Crippen LogP contribution < -0.4 is 9.80 Å². The molecule has 0 atom stereocenters. The fraction of sp³-hybridized carbons (Fsp3) is 0.476. The summed E-state index contributed by atoms with van der Waals surface area (Å²) in [7, 11) is 2.01. The van der Waals surface area contributed by atoms with Gasteiger partial charge in [-0.15, -0.1) is 0 Å². The second-order valence-electron chi connectivity index (χ2n) is 7.15. The first-order chi connectivity index (χ1) is 13.1. The van der Waals surface area contributed by atoms with Crippen molar-refractivity contribution in [2.45, 2.75) is 26.7 Å². The van der Waals surface area contributed by atoms with Gasteiger partial charge < -0.3 is 14.7 Å². The zero-order valence-corrected chi connectivity index (χ0v) is 16.6. The number of hydrogen-bond donors (Lipinski definition) is 0. The molecule has 0 N–H and O–H groups in total. The van der Waals surface area contributed by atoms with Crippen molar-refractivity contribution in [1.82, 2.24) is 14.9 Å². The predicted molar refractivity (Wildman–Crippen MR) is 110 cm³/mol. The monoisotopic (exact) mass is 367 g/mol. The molecule has 27 heavy (non-hydrogen) atoms. The van der Waals surface area contributed by atoms with E-state index in [0.717, 1.165) is 38.3 Å². The van der Waals surface area contributed by atoms with Gasteiger partial charge in [-0.2, -0.15) is 0 Å². The maximum atomic E-state index is 12.7. The minimum absolute atomic E-state index is 0.0332. The first-order valence-electron chi connectivity index (χ1n) is 9.72. The number of aryl methyl sites for hydroxylation is 1. The van der Waals surface area contributed by atoms with Gasteiger partial charge in [-0.05, 0) is 31.0 Å². The molecular formula is C21H29N5O. The first kappa shape index (κ1) is 19.1. The van der Waals surface area contributed by atoms with Crippen molar-refractivity contribution in [3.63, 3.8) is 0 Å². The lowest BCUT2D eigenvalue weighted by atomic mass is 10.2. The van der Waals surface area contributed by atoms with E-state index in [9.17, 15) is 4.79 Å². The Morgan fingerprint density at radius 3 is 2.56 bits per heavy atom. The Kier molecular flexibility index (Phi) is 6.27. The second-order valence-corrected chi connectivity index (χ2v) is 7.15. The van der Waals surface area contributed by atoms with Crippen molar-refractivity contribution in [2.75, 3.05) is 49.6 Å². The molecule has 144 valence electrons. The van der Waals surface area contributed by atoms with Crippen LogP contribution in [0.15, 0.2) is 36.7 Å². The van der Waals surface area contributed by atoms with Gasteiger partial charge in [-0.1, -0.05) is 25.5 Å². The minimum atomic E-state index is -0.0332. The molecule has 0 bridgehead atoms. The number of rotatable bonds is 6. The highest BCUT2D eigenvalue weighted by Crippen LogP contribution is 2.18. The van der Waals surface area contributed by atoms with E-state index in [4.69, 9.17) is 0 Å². The van der Waals surface area contributed by atoms with E-state index in [1.807, 2.05) is 11.9 Å². The topological polar surface area (TPSA) is 52.6 Å². The number of carbonyl (C=O) groups is 1. The second kappa shape index (κ2) is 8.84. The number of anilines is 2. The van der Waals surface area contributed by atoms with E-state index in [0.29, 0.717) is 18.8 Å². The zero-order valence-electron chi connectivity index (χ0n) is 16.6. The number of benzene rings is 1. The van der Waals surface area contributed by atoms with Crippen LogP contribution in [0.1, 0.15) is 35.8 Å². The van der Waals surface area contributed by atoms with Crippen LogP contribution in [0.3, 0.4) is 0 Å². The number of aromatic nitrogens is 2. The molecule has 2 heterocycles. The van der Waals surface area contributed by atoms with Crippen molar-refractivity contribution < 1.29 is 4.79 Å². The number of hydrogen-bond acceptors (Lipinski definition) is 5. The molecular weight excluding hydrogens is 338 g/mol. The largest absolute Gasteiger partial charge is 0.368 e. The Bertz CT molecular complexity index is 753. The van der Waals surface area contributed by atoms with Gasteiger partial charge in [0.1, 0.15) is 11.5 Å². The maximum absolute atomic E-state index is 12.7. The molecule has 0 aliphatic carbocycles. The number of amides is 1. The molecule has 2 aromatic rings. The van der Waals surface area contributed by atoms with Gasteiger partial charge in [0, 0.05) is 45.5 Å². The van der Waals surface area contributed by atoms with Crippen molar-refractivity contribution in [2.24, 2.45) is 0 Å². The molecule has 1 aliphatic rings.